The molecule has 2 aliphatic carbocycles. The van der Waals surface area contributed by atoms with Crippen LogP contribution < -0.4 is 0 Å². The van der Waals surface area contributed by atoms with Crippen molar-refractivity contribution in [3.05, 3.63) is 0 Å². The molecule has 2 rings (SSSR count). The van der Waals surface area contributed by atoms with Crippen molar-refractivity contribution in [3.63, 3.8) is 0 Å². The minimum Gasteiger partial charge on any atom is -0.469 e. The fraction of sp³-hybridized carbons (Fsp3) is 0.714. The van der Waals surface area contributed by atoms with Crippen LogP contribution in [0.5, 0.6) is 0 Å². The van der Waals surface area contributed by atoms with Crippen molar-refractivity contribution >= 4 is 35.1 Å². The Hall–Kier alpha value is -2.38. The number of carbonyl (C=O) groups is 6. The SMILES string of the molecule is COC(=O)C(C)(C)C1C(=O)CC2(CC1=O)CC(=O)C(C(C)(C)C(=O)OC)C(=O)C2. The third-order valence-corrected chi connectivity index (χ3v) is 6.35. The van der Waals surface area contributed by atoms with Gasteiger partial charge in [-0.25, -0.2) is 0 Å². The summed E-state index contributed by atoms with van der Waals surface area (Å²) in [4.78, 5) is 75.6. The molecular weight excluding hydrogens is 380 g/mol. The first-order chi connectivity index (χ1) is 13.2. The molecular formula is C21H28O8. The molecule has 2 fully saturated rings. The number of ketones is 4. The number of Topliss-reactive ketones (excluding diaryl/α,β-unsaturated/α-hetero) is 4. The number of methoxy groups -OCH3 is 2. The van der Waals surface area contributed by atoms with Gasteiger partial charge in [0.15, 0.2) is 0 Å². The molecule has 0 N–H and O–H groups in total. The van der Waals surface area contributed by atoms with Crippen LogP contribution in [0.15, 0.2) is 0 Å². The van der Waals surface area contributed by atoms with Crippen molar-refractivity contribution in [2.75, 3.05) is 14.2 Å². The molecule has 0 heterocycles. The van der Waals surface area contributed by atoms with Crippen molar-refractivity contribution in [2.24, 2.45) is 28.1 Å². The molecule has 2 saturated carbocycles. The molecule has 0 amide bonds. The molecule has 2 aliphatic rings. The third kappa shape index (κ3) is 3.76. The molecule has 0 saturated heterocycles. The van der Waals surface area contributed by atoms with Gasteiger partial charge in [-0.3, -0.25) is 28.8 Å². The highest BCUT2D eigenvalue weighted by Gasteiger charge is 2.59. The summed E-state index contributed by atoms with van der Waals surface area (Å²) in [6, 6.07) is 0. The van der Waals surface area contributed by atoms with Crippen LogP contribution in [0.3, 0.4) is 0 Å². The van der Waals surface area contributed by atoms with Crippen LogP contribution in [0.4, 0.5) is 0 Å². The molecule has 8 nitrogen and oxygen atoms in total. The largest absolute Gasteiger partial charge is 0.469 e. The van der Waals surface area contributed by atoms with E-state index in [1.807, 2.05) is 0 Å². The van der Waals surface area contributed by atoms with Gasteiger partial charge in [0.1, 0.15) is 23.1 Å². The normalized spacial score (nSPS) is 28.5. The highest BCUT2D eigenvalue weighted by Crippen LogP contribution is 2.51. The molecule has 0 aromatic rings. The first-order valence-corrected chi connectivity index (χ1v) is 9.51. The Morgan fingerprint density at radius 2 is 0.931 bits per heavy atom. The Balaban J connectivity index is 2.30. The number of hydrogen-bond donors (Lipinski definition) is 0. The first-order valence-electron chi connectivity index (χ1n) is 9.51. The van der Waals surface area contributed by atoms with E-state index >= 15 is 0 Å². The number of ether oxygens (including phenoxy) is 2. The van der Waals surface area contributed by atoms with Gasteiger partial charge in [-0.05, 0) is 33.1 Å². The highest BCUT2D eigenvalue weighted by atomic mass is 16.5. The van der Waals surface area contributed by atoms with Crippen molar-refractivity contribution in [1.29, 1.82) is 0 Å². The van der Waals surface area contributed by atoms with E-state index in [0.717, 1.165) is 0 Å². The fourth-order valence-electron chi connectivity index (χ4n) is 4.99. The maximum absolute atomic E-state index is 12.9. The zero-order chi connectivity index (χ0) is 22.4. The van der Waals surface area contributed by atoms with E-state index in [0.29, 0.717) is 0 Å². The van der Waals surface area contributed by atoms with Crippen molar-refractivity contribution in [1.82, 2.24) is 0 Å². The van der Waals surface area contributed by atoms with Crippen LogP contribution >= 0.6 is 0 Å². The second kappa shape index (κ2) is 7.46. The Kier molecular flexibility index (Phi) is 5.89. The number of carbonyl (C=O) groups excluding carboxylic acids is 6. The predicted molar refractivity (Wildman–Crippen MR) is 99.5 cm³/mol. The molecule has 160 valence electrons. The lowest BCUT2D eigenvalue weighted by atomic mass is 9.54. The summed E-state index contributed by atoms with van der Waals surface area (Å²) in [5, 5.41) is 0. The van der Waals surface area contributed by atoms with Gasteiger partial charge in [0.2, 0.25) is 0 Å². The third-order valence-electron chi connectivity index (χ3n) is 6.35. The van der Waals surface area contributed by atoms with Gasteiger partial charge in [0.05, 0.1) is 36.9 Å². The lowest BCUT2D eigenvalue weighted by Crippen LogP contribution is -2.55. The quantitative estimate of drug-likeness (QED) is 0.506. The molecule has 0 atom stereocenters. The van der Waals surface area contributed by atoms with Crippen molar-refractivity contribution in [2.45, 2.75) is 53.4 Å². The van der Waals surface area contributed by atoms with E-state index in [1.165, 1.54) is 41.9 Å². The van der Waals surface area contributed by atoms with Crippen LogP contribution in [0, 0.1) is 28.1 Å². The van der Waals surface area contributed by atoms with Gasteiger partial charge in [0, 0.05) is 25.7 Å². The van der Waals surface area contributed by atoms with E-state index in [9.17, 15) is 28.8 Å². The van der Waals surface area contributed by atoms with Gasteiger partial charge < -0.3 is 9.47 Å². The molecule has 0 aromatic heterocycles. The summed E-state index contributed by atoms with van der Waals surface area (Å²) in [5.41, 5.74) is -3.75. The van der Waals surface area contributed by atoms with Gasteiger partial charge in [-0.15, -0.1) is 0 Å². The molecule has 0 radical (unpaired) electrons. The Labute approximate surface area is 169 Å². The van der Waals surface area contributed by atoms with Crippen LogP contribution in [-0.2, 0) is 38.2 Å². The fourth-order valence-corrected chi connectivity index (χ4v) is 4.99. The first kappa shape index (κ1) is 22.9. The zero-order valence-corrected chi connectivity index (χ0v) is 17.7. The summed E-state index contributed by atoms with van der Waals surface area (Å²) < 4.78 is 9.45. The van der Waals surface area contributed by atoms with E-state index in [-0.39, 0.29) is 25.7 Å². The van der Waals surface area contributed by atoms with Gasteiger partial charge >= 0.3 is 11.9 Å². The minimum atomic E-state index is -1.33. The zero-order valence-electron chi connectivity index (χ0n) is 17.7. The maximum atomic E-state index is 12.9. The maximum Gasteiger partial charge on any atom is 0.312 e. The van der Waals surface area contributed by atoms with Gasteiger partial charge in [-0.2, -0.15) is 0 Å². The topological polar surface area (TPSA) is 121 Å². The summed E-state index contributed by atoms with van der Waals surface area (Å²) in [6.45, 7) is 5.90. The van der Waals surface area contributed by atoms with Crippen LogP contribution in [-0.4, -0.2) is 49.3 Å². The number of hydrogen-bond acceptors (Lipinski definition) is 8. The smallest absolute Gasteiger partial charge is 0.312 e. The standard InChI is InChI=1S/C21H28O8/c1-19(2,17(26)28-5)15-11(22)7-21(8-12(15)23)9-13(24)16(14(25)10-21)20(3,4)18(27)29-6/h15-16H,7-10H2,1-6H3. The Bertz CT molecular complexity index is 683. The van der Waals surface area contributed by atoms with E-state index in [2.05, 4.69) is 0 Å². The molecule has 0 aliphatic heterocycles. The molecule has 0 aromatic carbocycles. The van der Waals surface area contributed by atoms with Crippen LogP contribution in [0.25, 0.3) is 0 Å². The highest BCUT2D eigenvalue weighted by molar-refractivity contribution is 6.13. The van der Waals surface area contributed by atoms with E-state index < -0.39 is 63.2 Å². The van der Waals surface area contributed by atoms with E-state index in [4.69, 9.17) is 9.47 Å². The van der Waals surface area contributed by atoms with Crippen LogP contribution in [0.2, 0.25) is 0 Å². The van der Waals surface area contributed by atoms with Crippen molar-refractivity contribution in [3.8, 4) is 0 Å². The molecule has 0 bridgehead atoms. The average molecular weight is 408 g/mol. The predicted octanol–water partition coefficient (Wildman–Crippen LogP) is 1.47. The Morgan fingerprint density at radius 3 is 1.14 bits per heavy atom. The average Bonchev–Trinajstić information content (AvgIpc) is 2.57. The molecule has 0 unspecified atom stereocenters. The van der Waals surface area contributed by atoms with Crippen LogP contribution in [0.1, 0.15) is 53.4 Å². The summed E-state index contributed by atoms with van der Waals surface area (Å²) >= 11 is 0. The number of rotatable bonds is 4. The van der Waals surface area contributed by atoms with Gasteiger partial charge in [-0.1, -0.05) is 0 Å². The molecule has 8 heteroatoms. The monoisotopic (exact) mass is 408 g/mol. The van der Waals surface area contributed by atoms with Gasteiger partial charge in [0.25, 0.3) is 0 Å². The minimum absolute atomic E-state index is 0.146. The second-order valence-corrected chi connectivity index (χ2v) is 9.36. The second-order valence-electron chi connectivity index (χ2n) is 9.36. The van der Waals surface area contributed by atoms with Crippen molar-refractivity contribution < 1.29 is 38.2 Å². The van der Waals surface area contributed by atoms with E-state index in [1.54, 1.807) is 0 Å². The Morgan fingerprint density at radius 1 is 0.690 bits per heavy atom. The summed E-state index contributed by atoms with van der Waals surface area (Å²) in [6.07, 6.45) is -0.585. The molecule has 29 heavy (non-hydrogen) atoms. The molecule has 1 spiro atoms. The lowest BCUT2D eigenvalue weighted by molar-refractivity contribution is -0.167. The summed E-state index contributed by atoms with van der Waals surface area (Å²) in [7, 11) is 2.37. The summed E-state index contributed by atoms with van der Waals surface area (Å²) in [5.74, 6) is -5.56. The number of esters is 2. The lowest BCUT2D eigenvalue weighted by Gasteiger charge is -2.45.